The summed E-state index contributed by atoms with van der Waals surface area (Å²) in [6.07, 6.45) is 2.38. The molecule has 0 heterocycles. The summed E-state index contributed by atoms with van der Waals surface area (Å²) in [6, 6.07) is 8.54. The molecule has 0 N–H and O–H groups in total. The van der Waals surface area contributed by atoms with Crippen molar-refractivity contribution >= 4 is 29.5 Å². The highest BCUT2D eigenvalue weighted by molar-refractivity contribution is 6.42. The lowest BCUT2D eigenvalue weighted by atomic mass is 10.0. The van der Waals surface area contributed by atoms with Crippen LogP contribution in [0.15, 0.2) is 43.0 Å². The molecule has 0 saturated heterocycles. The van der Waals surface area contributed by atoms with Gasteiger partial charge in [-0.05, 0) is 29.8 Å². The van der Waals surface area contributed by atoms with E-state index >= 15 is 0 Å². The van der Waals surface area contributed by atoms with Gasteiger partial charge in [0.15, 0.2) is 11.5 Å². The molecule has 0 radical (unpaired) electrons. The molecule has 0 bridgehead atoms. The van der Waals surface area contributed by atoms with Crippen LogP contribution in [0.4, 0.5) is 0 Å². The Kier molecular flexibility index (Phi) is 5.47. The maximum Gasteiger partial charge on any atom is 0.169 e. The molecule has 0 aliphatic carbocycles. The molecule has 0 aromatic heterocycles. The topological polar surface area (TPSA) is 35.5 Å². The number of ether oxygens (including phenoxy) is 2. The Balaban J connectivity index is 2.66. The Hall–Kier alpha value is -1.97. The normalized spacial score (nSPS) is 10.1. The van der Waals surface area contributed by atoms with Gasteiger partial charge in [0, 0.05) is 11.1 Å². The number of aldehydes is 1. The summed E-state index contributed by atoms with van der Waals surface area (Å²) < 4.78 is 11.0. The van der Waals surface area contributed by atoms with Gasteiger partial charge in [0.2, 0.25) is 0 Å². The maximum atomic E-state index is 11.1. The molecule has 0 fully saturated rings. The minimum Gasteiger partial charge on any atom is -0.493 e. The van der Waals surface area contributed by atoms with Gasteiger partial charge in [-0.1, -0.05) is 41.9 Å². The molecule has 2 aromatic carbocycles. The highest BCUT2D eigenvalue weighted by atomic mass is 35.5. The third kappa shape index (κ3) is 3.43. The molecule has 2 aromatic rings. The van der Waals surface area contributed by atoms with E-state index in [-0.39, 0.29) is 0 Å². The molecular weight excluding hydrogens is 323 g/mol. The minimum absolute atomic E-state index is 0.311. The SMILES string of the molecule is C=CCOc1c(OC)cc(C=O)cc1-c1ccc(Cl)c(Cl)c1. The number of hydrogen-bond acceptors (Lipinski definition) is 3. The van der Waals surface area contributed by atoms with E-state index < -0.39 is 0 Å². The molecule has 2 rings (SSSR count). The first-order valence-electron chi connectivity index (χ1n) is 6.47. The van der Waals surface area contributed by atoms with Gasteiger partial charge in [-0.3, -0.25) is 4.79 Å². The van der Waals surface area contributed by atoms with Gasteiger partial charge in [0.25, 0.3) is 0 Å². The number of carbonyl (C=O) groups is 1. The third-order valence-electron chi connectivity index (χ3n) is 3.01. The number of carbonyl (C=O) groups excluding carboxylic acids is 1. The molecule has 22 heavy (non-hydrogen) atoms. The Morgan fingerprint density at radius 2 is 1.95 bits per heavy atom. The molecule has 0 unspecified atom stereocenters. The van der Waals surface area contributed by atoms with Crippen molar-refractivity contribution in [3.8, 4) is 22.6 Å². The van der Waals surface area contributed by atoms with Gasteiger partial charge in [-0.25, -0.2) is 0 Å². The van der Waals surface area contributed by atoms with E-state index in [0.29, 0.717) is 39.3 Å². The van der Waals surface area contributed by atoms with Crippen LogP contribution in [-0.2, 0) is 0 Å². The van der Waals surface area contributed by atoms with Crippen LogP contribution in [0.1, 0.15) is 10.4 Å². The predicted molar refractivity (Wildman–Crippen MR) is 89.5 cm³/mol. The van der Waals surface area contributed by atoms with Gasteiger partial charge >= 0.3 is 0 Å². The van der Waals surface area contributed by atoms with Crippen LogP contribution in [0.5, 0.6) is 11.5 Å². The second-order valence-electron chi connectivity index (χ2n) is 4.45. The van der Waals surface area contributed by atoms with Gasteiger partial charge in [0.1, 0.15) is 12.9 Å². The first-order chi connectivity index (χ1) is 10.6. The largest absolute Gasteiger partial charge is 0.493 e. The fourth-order valence-corrected chi connectivity index (χ4v) is 2.31. The minimum atomic E-state index is 0.311. The Morgan fingerprint density at radius 1 is 1.18 bits per heavy atom. The number of rotatable bonds is 6. The summed E-state index contributed by atoms with van der Waals surface area (Å²) in [5, 5.41) is 0.877. The average molecular weight is 337 g/mol. The van der Waals surface area contributed by atoms with Crippen LogP contribution in [-0.4, -0.2) is 20.0 Å². The van der Waals surface area contributed by atoms with E-state index in [4.69, 9.17) is 32.7 Å². The van der Waals surface area contributed by atoms with Crippen LogP contribution in [0.25, 0.3) is 11.1 Å². The van der Waals surface area contributed by atoms with Gasteiger partial charge in [-0.15, -0.1) is 0 Å². The fourth-order valence-electron chi connectivity index (χ4n) is 2.01. The lowest BCUT2D eigenvalue weighted by molar-refractivity contribution is 0.112. The van der Waals surface area contributed by atoms with E-state index in [0.717, 1.165) is 11.8 Å². The Morgan fingerprint density at radius 3 is 2.55 bits per heavy atom. The smallest absolute Gasteiger partial charge is 0.169 e. The van der Waals surface area contributed by atoms with Gasteiger partial charge in [-0.2, -0.15) is 0 Å². The zero-order chi connectivity index (χ0) is 16.1. The fraction of sp³-hybridized carbons (Fsp3) is 0.118. The number of halogens is 2. The van der Waals surface area contributed by atoms with Crippen molar-refractivity contribution in [2.45, 2.75) is 0 Å². The van der Waals surface area contributed by atoms with Crippen LogP contribution < -0.4 is 9.47 Å². The molecule has 114 valence electrons. The highest BCUT2D eigenvalue weighted by Crippen LogP contribution is 2.40. The molecule has 3 nitrogen and oxygen atoms in total. The molecule has 0 spiro atoms. The maximum absolute atomic E-state index is 11.1. The van der Waals surface area contributed by atoms with Crippen molar-refractivity contribution < 1.29 is 14.3 Å². The Labute approximate surface area is 139 Å². The summed E-state index contributed by atoms with van der Waals surface area (Å²) in [6.45, 7) is 3.94. The van der Waals surface area contributed by atoms with E-state index in [1.807, 2.05) is 0 Å². The van der Waals surface area contributed by atoms with E-state index in [2.05, 4.69) is 6.58 Å². The lowest BCUT2D eigenvalue weighted by Gasteiger charge is -2.15. The Bertz CT molecular complexity index is 711. The molecule has 0 saturated carbocycles. The number of hydrogen-bond donors (Lipinski definition) is 0. The van der Waals surface area contributed by atoms with Crippen molar-refractivity contribution in [1.82, 2.24) is 0 Å². The van der Waals surface area contributed by atoms with Crippen LogP contribution in [0.3, 0.4) is 0 Å². The van der Waals surface area contributed by atoms with Crippen LogP contribution in [0, 0.1) is 0 Å². The quantitative estimate of drug-likeness (QED) is 0.547. The first kappa shape index (κ1) is 16.4. The van der Waals surface area contributed by atoms with Crippen molar-refractivity contribution in [2.24, 2.45) is 0 Å². The van der Waals surface area contributed by atoms with E-state index in [1.165, 1.54) is 7.11 Å². The van der Waals surface area contributed by atoms with Crippen molar-refractivity contribution in [2.75, 3.05) is 13.7 Å². The van der Waals surface area contributed by atoms with Gasteiger partial charge < -0.3 is 9.47 Å². The molecule has 0 aliphatic heterocycles. The van der Waals surface area contributed by atoms with E-state index in [9.17, 15) is 4.79 Å². The predicted octanol–water partition coefficient (Wildman–Crippen LogP) is 5.05. The molecule has 5 heteroatoms. The monoisotopic (exact) mass is 336 g/mol. The highest BCUT2D eigenvalue weighted by Gasteiger charge is 2.15. The standard InChI is InChI=1S/C17H14Cl2O3/c1-3-6-22-17-13(7-11(10-20)8-16(17)21-2)12-4-5-14(18)15(19)9-12/h3-5,7-10H,1,6H2,2H3. The zero-order valence-electron chi connectivity index (χ0n) is 11.9. The molecular formula is C17H14Cl2O3. The molecule has 0 amide bonds. The van der Waals surface area contributed by atoms with Gasteiger partial charge in [0.05, 0.1) is 17.2 Å². The summed E-state index contributed by atoms with van der Waals surface area (Å²) in [4.78, 5) is 11.1. The average Bonchev–Trinajstić information content (AvgIpc) is 2.54. The molecule has 0 atom stereocenters. The summed E-state index contributed by atoms with van der Waals surface area (Å²) in [5.41, 5.74) is 1.95. The summed E-state index contributed by atoms with van der Waals surface area (Å²) in [7, 11) is 1.52. The second-order valence-corrected chi connectivity index (χ2v) is 5.26. The van der Waals surface area contributed by atoms with E-state index in [1.54, 1.807) is 36.4 Å². The number of methoxy groups -OCH3 is 1. The van der Waals surface area contributed by atoms with Crippen molar-refractivity contribution in [3.05, 3.63) is 58.6 Å². The van der Waals surface area contributed by atoms with Crippen LogP contribution >= 0.6 is 23.2 Å². The lowest BCUT2D eigenvalue weighted by Crippen LogP contribution is -2.00. The third-order valence-corrected chi connectivity index (χ3v) is 3.75. The van der Waals surface area contributed by atoms with Crippen molar-refractivity contribution in [1.29, 1.82) is 0 Å². The molecule has 0 aliphatic rings. The summed E-state index contributed by atoms with van der Waals surface area (Å²) >= 11 is 12.0. The summed E-state index contributed by atoms with van der Waals surface area (Å²) in [5.74, 6) is 0.985. The van der Waals surface area contributed by atoms with Crippen LogP contribution in [0.2, 0.25) is 10.0 Å². The zero-order valence-corrected chi connectivity index (χ0v) is 13.4. The number of benzene rings is 2. The van der Waals surface area contributed by atoms with Crippen molar-refractivity contribution in [3.63, 3.8) is 0 Å². The second kappa shape index (κ2) is 7.34. The first-order valence-corrected chi connectivity index (χ1v) is 7.22.